The zero-order chi connectivity index (χ0) is 15.9. The van der Waals surface area contributed by atoms with Crippen molar-refractivity contribution in [2.75, 3.05) is 0 Å². The summed E-state index contributed by atoms with van der Waals surface area (Å²) >= 11 is 0. The first-order valence-corrected chi connectivity index (χ1v) is 4.78. The second kappa shape index (κ2) is 4.83. The van der Waals surface area contributed by atoms with Crippen LogP contribution in [-0.4, -0.2) is 5.11 Å². The van der Waals surface area contributed by atoms with Crippen LogP contribution < -0.4 is 0 Å². The lowest BCUT2D eigenvalue weighted by Crippen LogP contribution is -2.22. The van der Waals surface area contributed by atoms with Gasteiger partial charge in [0, 0.05) is 5.56 Å². The number of aliphatic hydroxyl groups excluding tert-OH is 1. The minimum Gasteiger partial charge on any atom is -0.392 e. The van der Waals surface area contributed by atoms with Crippen molar-refractivity contribution < 1.29 is 44.6 Å². The van der Waals surface area contributed by atoms with Gasteiger partial charge in [-0.1, -0.05) is 0 Å². The number of rotatable bonds is 1. The number of benzene rings is 1. The quantitative estimate of drug-likeness (QED) is 0.769. The second-order valence-electron chi connectivity index (χ2n) is 3.67. The Bertz CT molecular complexity index is 495. The van der Waals surface area contributed by atoms with E-state index in [2.05, 4.69) is 0 Å². The Hall–Kier alpha value is -1.45. The molecular weight excluding hydrogens is 307 g/mol. The molecule has 1 aromatic rings. The molecule has 0 aliphatic heterocycles. The molecule has 0 atom stereocenters. The molecular formula is C10H5F9O. The van der Waals surface area contributed by atoms with E-state index < -0.39 is 47.4 Å². The molecule has 20 heavy (non-hydrogen) atoms. The Kier molecular flexibility index (Phi) is 4.01. The first-order valence-electron chi connectivity index (χ1n) is 4.78. The zero-order valence-corrected chi connectivity index (χ0v) is 9.21. The van der Waals surface area contributed by atoms with E-state index in [0.29, 0.717) is 0 Å². The third-order valence-corrected chi connectivity index (χ3v) is 2.37. The molecule has 1 rings (SSSR count). The van der Waals surface area contributed by atoms with Gasteiger partial charge in [-0.25, -0.2) is 0 Å². The van der Waals surface area contributed by atoms with Gasteiger partial charge in [0.2, 0.25) is 0 Å². The maximum atomic E-state index is 12.6. The molecule has 0 amide bonds. The summed E-state index contributed by atoms with van der Waals surface area (Å²) in [7, 11) is 0. The Morgan fingerprint density at radius 3 is 1.40 bits per heavy atom. The topological polar surface area (TPSA) is 20.2 Å². The number of aliphatic hydroxyl groups is 1. The van der Waals surface area contributed by atoms with Gasteiger partial charge >= 0.3 is 18.5 Å². The lowest BCUT2D eigenvalue weighted by Gasteiger charge is -2.21. The van der Waals surface area contributed by atoms with Crippen LogP contribution >= 0.6 is 0 Å². The fraction of sp³-hybridized carbons (Fsp3) is 0.400. The Balaban J connectivity index is 3.79. The Morgan fingerprint density at radius 1 is 0.700 bits per heavy atom. The summed E-state index contributed by atoms with van der Waals surface area (Å²) in [6, 6.07) is -0.436. The van der Waals surface area contributed by atoms with Crippen LogP contribution in [-0.2, 0) is 25.1 Å². The fourth-order valence-corrected chi connectivity index (χ4v) is 1.64. The van der Waals surface area contributed by atoms with Crippen LogP contribution in [0.3, 0.4) is 0 Å². The normalized spacial score (nSPS) is 13.7. The SMILES string of the molecule is OCc1c(C(F)(F)F)ccc(C(F)(F)F)c1C(F)(F)F. The monoisotopic (exact) mass is 312 g/mol. The van der Waals surface area contributed by atoms with Crippen molar-refractivity contribution in [2.24, 2.45) is 0 Å². The highest BCUT2D eigenvalue weighted by atomic mass is 19.4. The smallest absolute Gasteiger partial charge is 0.392 e. The average molecular weight is 312 g/mol. The van der Waals surface area contributed by atoms with Gasteiger partial charge in [0.25, 0.3) is 0 Å². The standard InChI is InChI=1S/C10H5F9O/c11-8(12,13)5-1-2-6(9(14,15)16)7(4(5)3-20)10(17,18)19/h1-2,20H,3H2. The molecule has 0 spiro atoms. The molecule has 0 aliphatic carbocycles. The van der Waals surface area contributed by atoms with Gasteiger partial charge in [0.15, 0.2) is 0 Å². The van der Waals surface area contributed by atoms with E-state index in [1.165, 1.54) is 0 Å². The molecule has 0 radical (unpaired) electrons. The van der Waals surface area contributed by atoms with Crippen molar-refractivity contribution in [1.82, 2.24) is 0 Å². The predicted molar refractivity (Wildman–Crippen MR) is 47.4 cm³/mol. The van der Waals surface area contributed by atoms with Crippen LogP contribution in [0.25, 0.3) is 0 Å². The van der Waals surface area contributed by atoms with Gasteiger partial charge in [0.05, 0.1) is 23.3 Å². The predicted octanol–water partition coefficient (Wildman–Crippen LogP) is 4.24. The van der Waals surface area contributed by atoms with Gasteiger partial charge < -0.3 is 5.11 Å². The van der Waals surface area contributed by atoms with E-state index in [1.807, 2.05) is 0 Å². The number of halogens is 9. The van der Waals surface area contributed by atoms with Crippen molar-refractivity contribution in [2.45, 2.75) is 25.1 Å². The van der Waals surface area contributed by atoms with E-state index in [4.69, 9.17) is 5.11 Å². The van der Waals surface area contributed by atoms with E-state index in [0.717, 1.165) is 0 Å². The van der Waals surface area contributed by atoms with Gasteiger partial charge in [-0.2, -0.15) is 39.5 Å². The number of hydrogen-bond donors (Lipinski definition) is 1. The summed E-state index contributed by atoms with van der Waals surface area (Å²) in [5.41, 5.74) is -8.61. The van der Waals surface area contributed by atoms with Crippen LogP contribution in [0, 0.1) is 0 Å². The summed E-state index contributed by atoms with van der Waals surface area (Å²) in [5.74, 6) is 0. The van der Waals surface area contributed by atoms with E-state index in [1.54, 1.807) is 0 Å². The van der Waals surface area contributed by atoms with Gasteiger partial charge in [-0.15, -0.1) is 0 Å². The Labute approximate surface area is 105 Å². The van der Waals surface area contributed by atoms with E-state index >= 15 is 0 Å². The fourth-order valence-electron chi connectivity index (χ4n) is 1.64. The van der Waals surface area contributed by atoms with Crippen molar-refractivity contribution in [3.05, 3.63) is 34.4 Å². The van der Waals surface area contributed by atoms with Crippen LogP contribution in [0.15, 0.2) is 12.1 Å². The minimum absolute atomic E-state index is 0.135. The lowest BCUT2D eigenvalue weighted by atomic mass is 9.95. The molecule has 1 aromatic carbocycles. The van der Waals surface area contributed by atoms with E-state index in [9.17, 15) is 39.5 Å². The average Bonchev–Trinajstić information content (AvgIpc) is 2.23. The molecule has 0 aromatic heterocycles. The number of hydrogen-bond acceptors (Lipinski definition) is 1. The zero-order valence-electron chi connectivity index (χ0n) is 9.21. The van der Waals surface area contributed by atoms with Gasteiger partial charge in [-0.3, -0.25) is 0 Å². The highest BCUT2D eigenvalue weighted by Crippen LogP contribution is 2.45. The highest BCUT2D eigenvalue weighted by molar-refractivity contribution is 5.45. The third-order valence-electron chi connectivity index (χ3n) is 2.37. The summed E-state index contributed by atoms with van der Waals surface area (Å²) < 4.78 is 113. The van der Waals surface area contributed by atoms with Crippen molar-refractivity contribution in [3.8, 4) is 0 Å². The van der Waals surface area contributed by atoms with E-state index in [-0.39, 0.29) is 12.1 Å². The minimum atomic E-state index is -5.69. The Morgan fingerprint density at radius 2 is 1.10 bits per heavy atom. The molecule has 0 bridgehead atoms. The highest BCUT2D eigenvalue weighted by Gasteiger charge is 2.47. The third kappa shape index (κ3) is 3.17. The molecule has 0 saturated heterocycles. The maximum absolute atomic E-state index is 12.6. The lowest BCUT2D eigenvalue weighted by molar-refractivity contribution is -0.164. The van der Waals surface area contributed by atoms with Crippen molar-refractivity contribution in [1.29, 1.82) is 0 Å². The van der Waals surface area contributed by atoms with Crippen LogP contribution in [0.5, 0.6) is 0 Å². The molecule has 0 saturated carbocycles. The summed E-state index contributed by atoms with van der Waals surface area (Å²) in [6.07, 6.45) is -16.5. The molecule has 10 heteroatoms. The molecule has 0 aliphatic rings. The van der Waals surface area contributed by atoms with Crippen LogP contribution in [0.1, 0.15) is 22.3 Å². The summed E-state index contributed by atoms with van der Waals surface area (Å²) in [4.78, 5) is 0. The van der Waals surface area contributed by atoms with Gasteiger partial charge in [-0.05, 0) is 12.1 Å². The molecule has 0 fully saturated rings. The van der Waals surface area contributed by atoms with Crippen molar-refractivity contribution in [3.63, 3.8) is 0 Å². The van der Waals surface area contributed by atoms with Crippen LogP contribution in [0.4, 0.5) is 39.5 Å². The van der Waals surface area contributed by atoms with Gasteiger partial charge in [0.1, 0.15) is 0 Å². The maximum Gasteiger partial charge on any atom is 0.417 e. The largest absolute Gasteiger partial charge is 0.417 e. The molecule has 0 unspecified atom stereocenters. The summed E-state index contributed by atoms with van der Waals surface area (Å²) in [6.45, 7) is -1.83. The molecule has 1 nitrogen and oxygen atoms in total. The second-order valence-corrected chi connectivity index (χ2v) is 3.67. The summed E-state index contributed by atoms with van der Waals surface area (Å²) in [5, 5.41) is 8.65. The first kappa shape index (κ1) is 16.6. The van der Waals surface area contributed by atoms with Crippen molar-refractivity contribution >= 4 is 0 Å². The van der Waals surface area contributed by atoms with Crippen LogP contribution in [0.2, 0.25) is 0 Å². The first-order chi connectivity index (χ1) is 8.80. The molecule has 0 heterocycles. The molecule has 114 valence electrons. The number of alkyl halides is 9. The molecule has 1 N–H and O–H groups in total.